The van der Waals surface area contributed by atoms with Gasteiger partial charge in [-0.3, -0.25) is 0 Å². The average Bonchev–Trinajstić information content (AvgIpc) is 3.28. The van der Waals surface area contributed by atoms with Crippen molar-refractivity contribution in [3.8, 4) is 17.4 Å². The minimum absolute atomic E-state index is 0.238. The zero-order chi connectivity index (χ0) is 19.0. The normalized spacial score (nSPS) is 12.3. The number of hydrogen-bond donors (Lipinski definition) is 0. The van der Waals surface area contributed by atoms with Crippen molar-refractivity contribution in [3.63, 3.8) is 0 Å². The Morgan fingerprint density at radius 1 is 0.963 bits per heavy atom. The summed E-state index contributed by atoms with van der Waals surface area (Å²) < 4.78 is 7.12. The summed E-state index contributed by atoms with van der Waals surface area (Å²) in [6.45, 7) is 7.87. The molecule has 0 amide bonds. The molecule has 1 unspecified atom stereocenters. The molecule has 0 bridgehead atoms. The van der Waals surface area contributed by atoms with E-state index in [0.29, 0.717) is 29.3 Å². The Hall–Kier alpha value is -3.42. The molecule has 0 aliphatic rings. The van der Waals surface area contributed by atoms with E-state index in [1.54, 1.807) is 23.1 Å². The Morgan fingerprint density at radius 2 is 1.67 bits per heavy atom. The predicted molar refractivity (Wildman–Crippen MR) is 98.4 cm³/mol. The third kappa shape index (κ3) is 3.33. The highest BCUT2D eigenvalue weighted by atomic mass is 16.5. The molecule has 136 valence electrons. The van der Waals surface area contributed by atoms with Crippen LogP contribution >= 0.6 is 0 Å². The van der Waals surface area contributed by atoms with Crippen LogP contribution in [-0.4, -0.2) is 34.9 Å². The smallest absolute Gasteiger partial charge is 0.257 e. The van der Waals surface area contributed by atoms with Crippen LogP contribution in [-0.2, 0) is 0 Å². The van der Waals surface area contributed by atoms with Crippen LogP contribution < -0.4 is 0 Å². The van der Waals surface area contributed by atoms with Crippen LogP contribution in [0.5, 0.6) is 0 Å². The van der Waals surface area contributed by atoms with Gasteiger partial charge < -0.3 is 4.52 Å². The lowest BCUT2D eigenvalue weighted by molar-refractivity contribution is 0.419. The van der Waals surface area contributed by atoms with E-state index in [1.807, 2.05) is 39.8 Å². The van der Waals surface area contributed by atoms with Crippen LogP contribution in [0.2, 0.25) is 0 Å². The summed E-state index contributed by atoms with van der Waals surface area (Å²) in [6.07, 6.45) is 3.33. The number of hydrogen-bond acceptors (Lipinski definition) is 7. The lowest BCUT2D eigenvalue weighted by atomic mass is 10.1. The van der Waals surface area contributed by atoms with Crippen LogP contribution in [0, 0.1) is 20.8 Å². The molecule has 3 aromatic heterocycles. The van der Waals surface area contributed by atoms with Gasteiger partial charge in [0, 0.05) is 18.0 Å². The lowest BCUT2D eigenvalue weighted by Crippen LogP contribution is -2.11. The first kappa shape index (κ1) is 17.0. The fraction of sp³-hybridized carbons (Fsp3) is 0.263. The Labute approximate surface area is 156 Å². The largest absolute Gasteiger partial charge is 0.334 e. The Balaban J connectivity index is 1.71. The van der Waals surface area contributed by atoms with E-state index in [4.69, 9.17) is 4.52 Å². The molecule has 0 aliphatic heterocycles. The van der Waals surface area contributed by atoms with E-state index in [-0.39, 0.29) is 5.92 Å². The van der Waals surface area contributed by atoms with Gasteiger partial charge in [0.1, 0.15) is 11.6 Å². The molecular weight excluding hydrogens is 342 g/mol. The number of aryl methyl sites for hydroxylation is 3. The quantitative estimate of drug-likeness (QED) is 0.551. The second kappa shape index (κ2) is 6.71. The van der Waals surface area contributed by atoms with Crippen LogP contribution in [0.3, 0.4) is 0 Å². The fourth-order valence-electron chi connectivity index (χ4n) is 3.00. The summed E-state index contributed by atoms with van der Waals surface area (Å²) in [4.78, 5) is 17.6. The maximum Gasteiger partial charge on any atom is 0.257 e. The second-order valence-electron chi connectivity index (χ2n) is 6.53. The topological polar surface area (TPSA) is 95.4 Å². The van der Waals surface area contributed by atoms with Crippen molar-refractivity contribution in [2.24, 2.45) is 0 Å². The highest BCUT2D eigenvalue weighted by Crippen LogP contribution is 2.26. The van der Waals surface area contributed by atoms with E-state index in [2.05, 4.69) is 36.3 Å². The molecule has 0 radical (unpaired) electrons. The van der Waals surface area contributed by atoms with E-state index < -0.39 is 0 Å². The molecule has 8 heteroatoms. The molecule has 0 N–H and O–H groups in total. The molecule has 1 atom stereocenters. The van der Waals surface area contributed by atoms with Gasteiger partial charge in [-0.2, -0.15) is 9.67 Å². The number of aromatic nitrogens is 7. The van der Waals surface area contributed by atoms with Crippen molar-refractivity contribution in [1.29, 1.82) is 0 Å². The van der Waals surface area contributed by atoms with Gasteiger partial charge in [0.25, 0.3) is 11.8 Å². The average molecular weight is 361 g/mol. The van der Waals surface area contributed by atoms with Gasteiger partial charge in [0.05, 0.1) is 5.92 Å². The van der Waals surface area contributed by atoms with Crippen molar-refractivity contribution in [3.05, 3.63) is 65.3 Å². The molecule has 0 aliphatic carbocycles. The van der Waals surface area contributed by atoms with Gasteiger partial charge in [-0.1, -0.05) is 22.3 Å². The molecule has 1 aromatic carbocycles. The Morgan fingerprint density at radius 3 is 2.37 bits per heavy atom. The lowest BCUT2D eigenvalue weighted by Gasteiger charge is -2.07. The number of benzene rings is 1. The van der Waals surface area contributed by atoms with Crippen LogP contribution in [0.15, 0.2) is 41.2 Å². The summed E-state index contributed by atoms with van der Waals surface area (Å²) >= 11 is 0. The van der Waals surface area contributed by atoms with Crippen LogP contribution in [0.4, 0.5) is 0 Å². The van der Waals surface area contributed by atoms with Crippen molar-refractivity contribution >= 4 is 0 Å². The minimum Gasteiger partial charge on any atom is -0.334 e. The highest BCUT2D eigenvalue weighted by Gasteiger charge is 2.24. The summed E-state index contributed by atoms with van der Waals surface area (Å²) in [6, 6.07) is 7.92. The van der Waals surface area contributed by atoms with Crippen LogP contribution in [0.25, 0.3) is 17.4 Å². The maximum atomic E-state index is 5.51. The fourth-order valence-corrected chi connectivity index (χ4v) is 3.00. The third-order valence-corrected chi connectivity index (χ3v) is 4.16. The van der Waals surface area contributed by atoms with Gasteiger partial charge in [0.2, 0.25) is 0 Å². The summed E-state index contributed by atoms with van der Waals surface area (Å²) in [5, 5.41) is 8.57. The minimum atomic E-state index is -0.238. The van der Waals surface area contributed by atoms with Gasteiger partial charge >= 0.3 is 0 Å². The third-order valence-electron chi connectivity index (χ3n) is 4.16. The molecular formula is C19H19N7O. The van der Waals surface area contributed by atoms with Gasteiger partial charge in [-0.05, 0) is 45.9 Å². The van der Waals surface area contributed by atoms with Crippen molar-refractivity contribution in [2.45, 2.75) is 33.6 Å². The molecule has 0 spiro atoms. The summed E-state index contributed by atoms with van der Waals surface area (Å²) in [5.41, 5.74) is 3.20. The molecule has 4 aromatic rings. The van der Waals surface area contributed by atoms with E-state index in [1.165, 1.54) is 0 Å². The Kier molecular flexibility index (Phi) is 4.23. The zero-order valence-corrected chi connectivity index (χ0v) is 15.6. The predicted octanol–water partition coefficient (Wildman–Crippen LogP) is 3.18. The van der Waals surface area contributed by atoms with E-state index in [9.17, 15) is 0 Å². The van der Waals surface area contributed by atoms with Crippen molar-refractivity contribution in [1.82, 2.24) is 34.9 Å². The standard InChI is InChI=1S/C19H19N7O/c1-11-8-12(2)10-15(9-11)18-23-16(25-27-18)13(3)17-22-14(4)24-26(17)19-20-6-5-7-21-19/h5-10,13H,1-4H3. The zero-order valence-electron chi connectivity index (χ0n) is 15.6. The number of nitrogens with zero attached hydrogens (tertiary/aromatic N) is 7. The van der Waals surface area contributed by atoms with Gasteiger partial charge in [-0.25, -0.2) is 15.0 Å². The van der Waals surface area contributed by atoms with Crippen molar-refractivity contribution in [2.75, 3.05) is 0 Å². The monoisotopic (exact) mass is 361 g/mol. The molecule has 0 saturated heterocycles. The maximum absolute atomic E-state index is 5.51. The van der Waals surface area contributed by atoms with Crippen molar-refractivity contribution < 1.29 is 4.52 Å². The molecule has 0 saturated carbocycles. The number of rotatable bonds is 4. The molecule has 4 rings (SSSR count). The second-order valence-corrected chi connectivity index (χ2v) is 6.53. The first-order valence-electron chi connectivity index (χ1n) is 8.64. The van der Waals surface area contributed by atoms with Gasteiger partial charge in [0.15, 0.2) is 5.82 Å². The summed E-state index contributed by atoms with van der Waals surface area (Å²) in [5.74, 6) is 2.53. The van der Waals surface area contributed by atoms with E-state index in [0.717, 1.165) is 16.7 Å². The van der Waals surface area contributed by atoms with E-state index >= 15 is 0 Å². The van der Waals surface area contributed by atoms with Crippen LogP contribution in [0.1, 0.15) is 41.4 Å². The highest BCUT2D eigenvalue weighted by molar-refractivity contribution is 5.55. The molecule has 3 heterocycles. The first-order valence-corrected chi connectivity index (χ1v) is 8.64. The summed E-state index contributed by atoms with van der Waals surface area (Å²) in [7, 11) is 0. The first-order chi connectivity index (χ1) is 13.0. The molecule has 27 heavy (non-hydrogen) atoms. The molecule has 0 fully saturated rings. The van der Waals surface area contributed by atoms with Gasteiger partial charge in [-0.15, -0.1) is 5.10 Å². The Bertz CT molecular complexity index is 1060. The SMILES string of the molecule is Cc1cc(C)cc(-c2nc(C(C)c3nc(C)nn3-c3ncccn3)no2)c1. The molecule has 8 nitrogen and oxygen atoms in total.